The first kappa shape index (κ1) is 11.5. The van der Waals surface area contributed by atoms with Crippen LogP contribution in [0.5, 0.6) is 0 Å². The Balaban J connectivity index is 1.95. The van der Waals surface area contributed by atoms with Crippen molar-refractivity contribution in [3.63, 3.8) is 0 Å². The van der Waals surface area contributed by atoms with Crippen LogP contribution in [0, 0.1) is 0 Å². The zero-order valence-electron chi connectivity index (χ0n) is 10.3. The molecule has 0 unspecified atom stereocenters. The molecule has 0 radical (unpaired) electrons. The predicted octanol–water partition coefficient (Wildman–Crippen LogP) is 3.00. The summed E-state index contributed by atoms with van der Waals surface area (Å²) in [6, 6.07) is 9.40. The van der Waals surface area contributed by atoms with E-state index in [1.807, 2.05) is 30.5 Å². The Labute approximate surface area is 109 Å². The Hall–Kier alpha value is -2.56. The van der Waals surface area contributed by atoms with E-state index in [1.54, 1.807) is 13.0 Å². The second-order valence-corrected chi connectivity index (χ2v) is 4.08. The quantitative estimate of drug-likeness (QED) is 0.731. The number of carbonyl (C=O) groups is 1. The van der Waals surface area contributed by atoms with Crippen molar-refractivity contribution >= 4 is 16.9 Å². The molecule has 2 aromatic heterocycles. The van der Waals surface area contributed by atoms with Crippen molar-refractivity contribution in [1.29, 1.82) is 0 Å². The summed E-state index contributed by atoms with van der Waals surface area (Å²) in [7, 11) is 0. The van der Waals surface area contributed by atoms with Crippen molar-refractivity contribution in [2.24, 2.45) is 0 Å². The van der Waals surface area contributed by atoms with Gasteiger partial charge in [0.2, 0.25) is 0 Å². The first-order chi connectivity index (χ1) is 9.28. The van der Waals surface area contributed by atoms with Gasteiger partial charge in [-0.05, 0) is 31.2 Å². The van der Waals surface area contributed by atoms with E-state index in [0.717, 1.165) is 16.5 Å². The van der Waals surface area contributed by atoms with Gasteiger partial charge in [0, 0.05) is 28.7 Å². The van der Waals surface area contributed by atoms with Crippen LogP contribution in [0.25, 0.3) is 22.2 Å². The second kappa shape index (κ2) is 4.61. The van der Waals surface area contributed by atoms with Gasteiger partial charge in [-0.25, -0.2) is 4.79 Å². The smallest absolute Gasteiger partial charge is 0.360 e. The molecule has 0 aliphatic heterocycles. The number of aromatic nitrogens is 2. The lowest BCUT2D eigenvalue weighted by Crippen LogP contribution is -2.04. The lowest BCUT2D eigenvalue weighted by molar-refractivity contribution is 0.0514. The van der Waals surface area contributed by atoms with E-state index in [2.05, 4.69) is 10.1 Å². The van der Waals surface area contributed by atoms with Crippen LogP contribution >= 0.6 is 0 Å². The van der Waals surface area contributed by atoms with Crippen LogP contribution in [0.15, 0.2) is 41.1 Å². The minimum absolute atomic E-state index is 0.186. The molecule has 5 nitrogen and oxygen atoms in total. The van der Waals surface area contributed by atoms with Gasteiger partial charge in [0.15, 0.2) is 11.5 Å². The number of aromatic amines is 1. The largest absolute Gasteiger partial charge is 0.461 e. The zero-order chi connectivity index (χ0) is 13.2. The highest BCUT2D eigenvalue weighted by Crippen LogP contribution is 2.24. The normalized spacial score (nSPS) is 10.8. The molecule has 0 saturated carbocycles. The van der Waals surface area contributed by atoms with Crippen LogP contribution in [0.1, 0.15) is 17.4 Å². The Morgan fingerprint density at radius 1 is 1.37 bits per heavy atom. The van der Waals surface area contributed by atoms with Crippen LogP contribution in [-0.2, 0) is 4.74 Å². The summed E-state index contributed by atoms with van der Waals surface area (Å²) < 4.78 is 10.1. The molecule has 0 spiro atoms. The van der Waals surface area contributed by atoms with Crippen molar-refractivity contribution in [1.82, 2.24) is 10.1 Å². The van der Waals surface area contributed by atoms with E-state index >= 15 is 0 Å². The van der Waals surface area contributed by atoms with E-state index < -0.39 is 5.97 Å². The molecule has 5 heteroatoms. The first-order valence-corrected chi connectivity index (χ1v) is 5.99. The minimum atomic E-state index is -0.472. The maximum atomic E-state index is 11.5. The molecule has 3 rings (SSSR count). The number of H-pyrrole nitrogens is 1. The number of hydrogen-bond donors (Lipinski definition) is 1. The highest BCUT2D eigenvalue weighted by Gasteiger charge is 2.14. The topological polar surface area (TPSA) is 68.1 Å². The number of benzene rings is 1. The van der Waals surface area contributed by atoms with Crippen LogP contribution < -0.4 is 0 Å². The van der Waals surface area contributed by atoms with Crippen LogP contribution in [-0.4, -0.2) is 22.7 Å². The number of nitrogens with one attached hydrogen (secondary N) is 1. The third-order valence-electron chi connectivity index (χ3n) is 2.83. The number of esters is 1. The molecule has 0 saturated heterocycles. The Morgan fingerprint density at radius 3 is 3.11 bits per heavy atom. The van der Waals surface area contributed by atoms with Gasteiger partial charge in [-0.3, -0.25) is 0 Å². The highest BCUT2D eigenvalue weighted by atomic mass is 16.5. The van der Waals surface area contributed by atoms with E-state index in [4.69, 9.17) is 9.26 Å². The SMILES string of the molecule is CCOC(=O)c1cc(-c2ccc3[nH]ccc3c2)on1. The predicted molar refractivity (Wildman–Crippen MR) is 69.8 cm³/mol. The van der Waals surface area contributed by atoms with Gasteiger partial charge < -0.3 is 14.2 Å². The fourth-order valence-electron chi connectivity index (χ4n) is 1.92. The lowest BCUT2D eigenvalue weighted by atomic mass is 10.1. The summed E-state index contributed by atoms with van der Waals surface area (Å²) in [4.78, 5) is 14.6. The first-order valence-electron chi connectivity index (χ1n) is 5.99. The Kier molecular flexibility index (Phi) is 2.79. The summed E-state index contributed by atoms with van der Waals surface area (Å²) in [6.07, 6.45) is 1.87. The lowest BCUT2D eigenvalue weighted by Gasteiger charge is -1.96. The summed E-state index contributed by atoms with van der Waals surface area (Å²) in [5, 5.41) is 4.80. The molecule has 0 atom stereocenters. The van der Waals surface area contributed by atoms with Crippen molar-refractivity contribution in [3.05, 3.63) is 42.2 Å². The molecule has 1 aromatic carbocycles. The summed E-state index contributed by atoms with van der Waals surface area (Å²) >= 11 is 0. The molecule has 19 heavy (non-hydrogen) atoms. The zero-order valence-corrected chi connectivity index (χ0v) is 10.3. The number of hydrogen-bond acceptors (Lipinski definition) is 4. The molecule has 3 aromatic rings. The van der Waals surface area contributed by atoms with E-state index in [0.29, 0.717) is 12.4 Å². The third-order valence-corrected chi connectivity index (χ3v) is 2.83. The maximum absolute atomic E-state index is 11.5. The molecular formula is C14H12N2O3. The number of nitrogens with zero attached hydrogens (tertiary/aromatic N) is 1. The van der Waals surface area contributed by atoms with Crippen molar-refractivity contribution in [3.8, 4) is 11.3 Å². The fraction of sp³-hybridized carbons (Fsp3) is 0.143. The standard InChI is InChI=1S/C14H12N2O3/c1-2-18-14(17)12-8-13(19-16-12)10-3-4-11-9(7-10)5-6-15-11/h3-8,15H,2H2,1H3. The number of fused-ring (bicyclic) bond motifs is 1. The molecule has 2 heterocycles. The van der Waals surface area contributed by atoms with Crippen LogP contribution in [0.3, 0.4) is 0 Å². The molecule has 0 amide bonds. The van der Waals surface area contributed by atoms with E-state index in [-0.39, 0.29) is 5.69 Å². The molecule has 96 valence electrons. The summed E-state index contributed by atoms with van der Waals surface area (Å²) in [6.45, 7) is 2.06. The molecule has 0 fully saturated rings. The molecule has 0 bridgehead atoms. The third kappa shape index (κ3) is 2.10. The number of carbonyl (C=O) groups excluding carboxylic acids is 1. The number of ether oxygens (including phenoxy) is 1. The van der Waals surface area contributed by atoms with Crippen molar-refractivity contribution < 1.29 is 14.1 Å². The average Bonchev–Trinajstić information content (AvgIpc) is 3.07. The minimum Gasteiger partial charge on any atom is -0.461 e. The van der Waals surface area contributed by atoms with Gasteiger partial charge in [-0.1, -0.05) is 5.16 Å². The Morgan fingerprint density at radius 2 is 2.26 bits per heavy atom. The van der Waals surface area contributed by atoms with Gasteiger partial charge in [0.05, 0.1) is 6.61 Å². The maximum Gasteiger partial charge on any atom is 0.360 e. The molecule has 0 aliphatic carbocycles. The van der Waals surface area contributed by atoms with Gasteiger partial charge in [0.1, 0.15) is 0 Å². The van der Waals surface area contributed by atoms with Crippen LogP contribution in [0.2, 0.25) is 0 Å². The Bertz CT molecular complexity index is 727. The number of rotatable bonds is 3. The fourth-order valence-corrected chi connectivity index (χ4v) is 1.92. The van der Waals surface area contributed by atoms with E-state index in [1.165, 1.54) is 0 Å². The van der Waals surface area contributed by atoms with Gasteiger partial charge in [-0.2, -0.15) is 0 Å². The summed E-state index contributed by atoms with van der Waals surface area (Å²) in [5.41, 5.74) is 2.11. The highest BCUT2D eigenvalue weighted by molar-refractivity contribution is 5.89. The van der Waals surface area contributed by atoms with Crippen LogP contribution in [0.4, 0.5) is 0 Å². The van der Waals surface area contributed by atoms with Crippen molar-refractivity contribution in [2.45, 2.75) is 6.92 Å². The van der Waals surface area contributed by atoms with Crippen molar-refractivity contribution in [2.75, 3.05) is 6.61 Å². The molecule has 1 N–H and O–H groups in total. The van der Waals surface area contributed by atoms with Gasteiger partial charge in [0.25, 0.3) is 0 Å². The van der Waals surface area contributed by atoms with E-state index in [9.17, 15) is 4.79 Å². The summed E-state index contributed by atoms with van der Waals surface area (Å²) in [5.74, 6) is 0.0753. The van der Waals surface area contributed by atoms with Gasteiger partial charge in [-0.15, -0.1) is 0 Å². The second-order valence-electron chi connectivity index (χ2n) is 4.08. The average molecular weight is 256 g/mol. The molecular weight excluding hydrogens is 244 g/mol. The molecule has 0 aliphatic rings. The monoisotopic (exact) mass is 256 g/mol. The van der Waals surface area contributed by atoms with Gasteiger partial charge >= 0.3 is 5.97 Å².